The zero-order valence-electron chi connectivity index (χ0n) is 24.4. The predicted octanol–water partition coefficient (Wildman–Crippen LogP) is 5.70. The van der Waals surface area contributed by atoms with Crippen LogP contribution < -0.4 is 0 Å². The number of ether oxygens (including phenoxy) is 1. The van der Waals surface area contributed by atoms with Gasteiger partial charge < -0.3 is 20.1 Å². The number of carboxylic acids is 2. The maximum Gasteiger partial charge on any atom is 0.313 e. The number of hydrogen-bond donors (Lipinski definition) is 3. The van der Waals surface area contributed by atoms with Gasteiger partial charge in [0.15, 0.2) is 0 Å². The SMILES string of the molecule is C=C(CO)C1CC[C@]2(C(=O)O)CC[C@]3(C)[C@H](CC[C@@H]4[C@@]5(C)CC[C@@H](OC(C)=O)[C@@](C)(C(=O)O)[C@@H]5CC[C@]43C)C12. The predicted molar refractivity (Wildman–Crippen MR) is 146 cm³/mol. The van der Waals surface area contributed by atoms with Gasteiger partial charge in [0.05, 0.1) is 12.0 Å². The topological polar surface area (TPSA) is 121 Å². The highest BCUT2D eigenvalue weighted by molar-refractivity contribution is 5.77. The highest BCUT2D eigenvalue weighted by Gasteiger charge is 2.73. The van der Waals surface area contributed by atoms with Gasteiger partial charge in [0.2, 0.25) is 0 Å². The van der Waals surface area contributed by atoms with Crippen molar-refractivity contribution < 1.29 is 34.4 Å². The summed E-state index contributed by atoms with van der Waals surface area (Å²) >= 11 is 0. The first-order chi connectivity index (χ1) is 18.1. The van der Waals surface area contributed by atoms with E-state index in [2.05, 4.69) is 27.4 Å². The maximum atomic E-state index is 12.9. The van der Waals surface area contributed by atoms with Crippen LogP contribution in [0.1, 0.15) is 98.8 Å². The molecular weight excluding hydrogens is 496 g/mol. The molecule has 0 aliphatic heterocycles. The Balaban J connectivity index is 1.55. The molecule has 39 heavy (non-hydrogen) atoms. The number of carbonyl (C=O) groups excluding carboxylic acids is 1. The summed E-state index contributed by atoms with van der Waals surface area (Å²) in [6, 6.07) is 0. The van der Waals surface area contributed by atoms with Crippen LogP contribution in [0.2, 0.25) is 0 Å². The van der Waals surface area contributed by atoms with E-state index in [0.717, 1.165) is 50.5 Å². The summed E-state index contributed by atoms with van der Waals surface area (Å²) < 4.78 is 5.65. The summed E-state index contributed by atoms with van der Waals surface area (Å²) in [7, 11) is 0. The normalized spacial score (nSPS) is 50.5. The van der Waals surface area contributed by atoms with Crippen molar-refractivity contribution in [2.75, 3.05) is 6.61 Å². The molecule has 0 amide bonds. The molecule has 7 heteroatoms. The van der Waals surface area contributed by atoms with Crippen LogP contribution in [0, 0.1) is 56.7 Å². The van der Waals surface area contributed by atoms with Crippen molar-refractivity contribution in [2.24, 2.45) is 56.7 Å². The summed E-state index contributed by atoms with van der Waals surface area (Å²) in [5.74, 6) is -1.57. The number of rotatable bonds is 5. The third kappa shape index (κ3) is 3.53. The van der Waals surface area contributed by atoms with Crippen LogP contribution in [0.25, 0.3) is 0 Å². The lowest BCUT2D eigenvalue weighted by Crippen LogP contribution is -2.68. The zero-order chi connectivity index (χ0) is 28.8. The molecule has 5 rings (SSSR count). The summed E-state index contributed by atoms with van der Waals surface area (Å²) in [5, 5.41) is 31.1. The number of carboxylic acid groups (broad SMARTS) is 2. The van der Waals surface area contributed by atoms with Crippen molar-refractivity contribution in [1.82, 2.24) is 0 Å². The van der Waals surface area contributed by atoms with Gasteiger partial charge in [0.1, 0.15) is 11.5 Å². The molecule has 5 aliphatic rings. The quantitative estimate of drug-likeness (QED) is 0.300. The summed E-state index contributed by atoms with van der Waals surface area (Å²) in [5.41, 5.74) is -1.47. The van der Waals surface area contributed by atoms with Gasteiger partial charge in [-0.1, -0.05) is 27.4 Å². The van der Waals surface area contributed by atoms with E-state index in [4.69, 9.17) is 4.74 Å². The van der Waals surface area contributed by atoms with Gasteiger partial charge in [-0.05, 0) is 123 Å². The Hall–Kier alpha value is -1.89. The van der Waals surface area contributed by atoms with Crippen molar-refractivity contribution in [2.45, 2.75) is 105 Å². The van der Waals surface area contributed by atoms with Crippen molar-refractivity contribution in [1.29, 1.82) is 0 Å². The highest BCUT2D eigenvalue weighted by Crippen LogP contribution is 2.77. The van der Waals surface area contributed by atoms with Crippen LogP contribution in [-0.2, 0) is 19.1 Å². The maximum absolute atomic E-state index is 12.9. The fourth-order valence-corrected chi connectivity index (χ4v) is 11.9. The average Bonchev–Trinajstić information content (AvgIpc) is 3.26. The lowest BCUT2D eigenvalue weighted by Gasteiger charge is -2.72. The van der Waals surface area contributed by atoms with E-state index in [1.807, 2.05) is 0 Å². The third-order valence-corrected chi connectivity index (χ3v) is 14.0. The van der Waals surface area contributed by atoms with E-state index in [1.54, 1.807) is 6.92 Å². The van der Waals surface area contributed by atoms with Crippen LogP contribution in [0.3, 0.4) is 0 Å². The Labute approximate surface area is 232 Å². The first-order valence-corrected chi connectivity index (χ1v) is 15.1. The molecule has 0 spiro atoms. The standard InChI is InChI=1S/C32H48O7/c1-18(17-33)20-9-14-32(27(37)38)16-15-29(4)21(25(20)32)7-8-22-28(3)12-11-24(39-19(2)34)31(6,26(35)36)23(28)10-13-30(22,29)5/h20-25,33H,1,7-17H2,2-6H3,(H,35,36)(H,37,38)/t20?,21-,22-,23-,24-,25?,28-,29-,30-,31+,32+/m1/s1. The lowest BCUT2D eigenvalue weighted by atomic mass is 9.32. The van der Waals surface area contributed by atoms with Crippen LogP contribution >= 0.6 is 0 Å². The summed E-state index contributed by atoms with van der Waals surface area (Å²) in [6.07, 6.45) is 7.20. The molecule has 11 atom stereocenters. The monoisotopic (exact) mass is 544 g/mol. The molecule has 5 fully saturated rings. The molecule has 0 radical (unpaired) electrons. The Morgan fingerprint density at radius 2 is 1.51 bits per heavy atom. The van der Waals surface area contributed by atoms with Crippen molar-refractivity contribution in [3.05, 3.63) is 12.2 Å². The van der Waals surface area contributed by atoms with Crippen molar-refractivity contribution >= 4 is 17.9 Å². The molecule has 0 aromatic heterocycles. The van der Waals surface area contributed by atoms with Crippen molar-refractivity contribution in [3.8, 4) is 0 Å². The molecule has 218 valence electrons. The molecule has 0 bridgehead atoms. The Morgan fingerprint density at radius 1 is 0.821 bits per heavy atom. The molecular formula is C32H48O7. The van der Waals surface area contributed by atoms with Crippen LogP contribution in [-0.4, -0.2) is 45.9 Å². The molecule has 2 unspecified atom stereocenters. The minimum atomic E-state index is -1.14. The van der Waals surface area contributed by atoms with E-state index in [9.17, 15) is 29.7 Å². The molecule has 7 nitrogen and oxygen atoms in total. The number of fused-ring (bicyclic) bond motifs is 7. The van der Waals surface area contributed by atoms with Gasteiger partial charge in [-0.2, -0.15) is 0 Å². The zero-order valence-corrected chi connectivity index (χ0v) is 24.4. The van der Waals surface area contributed by atoms with E-state index >= 15 is 0 Å². The molecule has 0 aromatic carbocycles. The van der Waals surface area contributed by atoms with Gasteiger partial charge >= 0.3 is 17.9 Å². The smallest absolute Gasteiger partial charge is 0.313 e. The molecule has 3 N–H and O–H groups in total. The first kappa shape index (κ1) is 28.6. The highest BCUT2D eigenvalue weighted by atomic mass is 16.5. The fourth-order valence-electron chi connectivity index (χ4n) is 11.9. The van der Waals surface area contributed by atoms with Crippen LogP contribution in [0.4, 0.5) is 0 Å². The van der Waals surface area contributed by atoms with Crippen LogP contribution in [0.5, 0.6) is 0 Å². The second-order valence-corrected chi connectivity index (χ2v) is 14.8. The van der Waals surface area contributed by atoms with Crippen molar-refractivity contribution in [3.63, 3.8) is 0 Å². The average molecular weight is 545 g/mol. The summed E-state index contributed by atoms with van der Waals surface area (Å²) in [4.78, 5) is 37.6. The number of hydrogen-bond acceptors (Lipinski definition) is 5. The Kier molecular flexibility index (Phi) is 6.65. The van der Waals surface area contributed by atoms with Crippen LogP contribution in [0.15, 0.2) is 12.2 Å². The second kappa shape index (κ2) is 9.06. The number of aliphatic hydroxyl groups excluding tert-OH is 1. The summed E-state index contributed by atoms with van der Waals surface area (Å²) in [6.45, 7) is 14.4. The van der Waals surface area contributed by atoms with E-state index in [-0.39, 0.29) is 46.5 Å². The first-order valence-electron chi connectivity index (χ1n) is 15.1. The largest absolute Gasteiger partial charge is 0.481 e. The lowest BCUT2D eigenvalue weighted by molar-refractivity contribution is -0.253. The minimum Gasteiger partial charge on any atom is -0.481 e. The van der Waals surface area contributed by atoms with E-state index in [1.165, 1.54) is 6.92 Å². The van der Waals surface area contributed by atoms with E-state index < -0.39 is 34.8 Å². The third-order valence-electron chi connectivity index (χ3n) is 14.0. The molecule has 0 heterocycles. The van der Waals surface area contributed by atoms with E-state index in [0.29, 0.717) is 25.2 Å². The molecule has 0 aromatic rings. The van der Waals surface area contributed by atoms with Gasteiger partial charge in [0.25, 0.3) is 0 Å². The number of aliphatic hydroxyl groups is 1. The van der Waals surface area contributed by atoms with Gasteiger partial charge in [-0.3, -0.25) is 14.4 Å². The Morgan fingerprint density at radius 3 is 2.10 bits per heavy atom. The number of carbonyl (C=O) groups is 3. The second-order valence-electron chi connectivity index (χ2n) is 14.8. The number of aliphatic carboxylic acids is 2. The molecule has 0 saturated heterocycles. The fraction of sp³-hybridized carbons (Fsp3) is 0.844. The van der Waals surface area contributed by atoms with Gasteiger partial charge in [0, 0.05) is 6.92 Å². The van der Waals surface area contributed by atoms with Gasteiger partial charge in [-0.25, -0.2) is 0 Å². The molecule has 5 aliphatic carbocycles. The minimum absolute atomic E-state index is 0.0253. The van der Waals surface area contributed by atoms with Gasteiger partial charge in [-0.15, -0.1) is 0 Å². The molecule has 5 saturated carbocycles. The Bertz CT molecular complexity index is 1080. The number of esters is 1.